The Balaban J connectivity index is 1.39. The number of aryl methyl sites for hydroxylation is 1. The van der Waals surface area contributed by atoms with Crippen LogP contribution in [-0.2, 0) is 17.7 Å². The summed E-state index contributed by atoms with van der Waals surface area (Å²) < 4.78 is 26.3. The lowest BCUT2D eigenvalue weighted by atomic mass is 9.99. The molecule has 3 aromatic rings. The van der Waals surface area contributed by atoms with Gasteiger partial charge in [0.25, 0.3) is 0 Å². The molecule has 1 saturated heterocycles. The van der Waals surface area contributed by atoms with Crippen molar-refractivity contribution in [3.05, 3.63) is 47.6 Å². The molecule has 0 saturated carbocycles. The molecule has 2 aromatic heterocycles. The van der Waals surface area contributed by atoms with E-state index in [0.29, 0.717) is 31.5 Å². The van der Waals surface area contributed by atoms with Gasteiger partial charge >= 0.3 is 0 Å². The molecule has 0 spiro atoms. The summed E-state index contributed by atoms with van der Waals surface area (Å²) >= 11 is 0. The minimum Gasteiger partial charge on any atom is -0.378 e. The van der Waals surface area contributed by atoms with Crippen molar-refractivity contribution in [1.29, 1.82) is 0 Å². The van der Waals surface area contributed by atoms with E-state index in [1.807, 2.05) is 0 Å². The van der Waals surface area contributed by atoms with E-state index < -0.39 is 0 Å². The number of fused-ring (bicyclic) bond motifs is 1. The van der Waals surface area contributed by atoms with Gasteiger partial charge in [-0.3, -0.25) is 0 Å². The zero-order chi connectivity index (χ0) is 18.2. The molecule has 2 aliphatic heterocycles. The summed E-state index contributed by atoms with van der Waals surface area (Å²) in [6, 6.07) is 6.27. The first kappa shape index (κ1) is 16.5. The van der Waals surface area contributed by atoms with Gasteiger partial charge in [0.05, 0.1) is 25.2 Å². The van der Waals surface area contributed by atoms with Crippen LogP contribution in [0.2, 0.25) is 0 Å². The first-order valence-corrected chi connectivity index (χ1v) is 9.10. The summed E-state index contributed by atoms with van der Waals surface area (Å²) in [7, 11) is 0. The van der Waals surface area contributed by atoms with Crippen LogP contribution >= 0.6 is 0 Å². The lowest BCUT2D eigenvalue weighted by molar-refractivity contribution is 0.0734. The fourth-order valence-corrected chi connectivity index (χ4v) is 3.63. The van der Waals surface area contributed by atoms with Gasteiger partial charge in [0.2, 0.25) is 5.89 Å². The summed E-state index contributed by atoms with van der Waals surface area (Å²) in [5, 5.41) is 16.1. The second-order valence-corrected chi connectivity index (χ2v) is 6.87. The third-order valence-corrected chi connectivity index (χ3v) is 5.09. The van der Waals surface area contributed by atoms with Gasteiger partial charge in [-0.2, -0.15) is 4.98 Å². The van der Waals surface area contributed by atoms with E-state index in [-0.39, 0.29) is 17.8 Å². The monoisotopic (exact) mass is 370 g/mol. The molecule has 0 radical (unpaired) electrons. The minimum absolute atomic E-state index is 0.0277. The van der Waals surface area contributed by atoms with Gasteiger partial charge in [0, 0.05) is 25.1 Å². The number of hydrogen-bond acceptors (Lipinski definition) is 7. The third-order valence-electron chi connectivity index (χ3n) is 5.09. The molecule has 140 valence electrons. The van der Waals surface area contributed by atoms with E-state index in [1.54, 1.807) is 12.1 Å². The molecule has 9 heteroatoms. The van der Waals surface area contributed by atoms with Gasteiger partial charge in [0.15, 0.2) is 11.6 Å². The largest absolute Gasteiger partial charge is 0.378 e. The number of benzene rings is 1. The zero-order valence-corrected chi connectivity index (χ0v) is 14.6. The number of rotatable bonds is 3. The molecule has 5 rings (SSSR count). The maximum absolute atomic E-state index is 13.2. The molecule has 8 nitrogen and oxygen atoms in total. The van der Waals surface area contributed by atoms with Gasteiger partial charge in [-0.1, -0.05) is 5.16 Å². The van der Waals surface area contributed by atoms with Crippen LogP contribution in [0.25, 0.3) is 11.4 Å². The maximum atomic E-state index is 13.2. The Bertz CT molecular complexity index is 932. The number of nitrogens with one attached hydrogen (secondary N) is 1. The van der Waals surface area contributed by atoms with E-state index in [0.717, 1.165) is 36.6 Å². The van der Waals surface area contributed by atoms with Crippen molar-refractivity contribution >= 4 is 0 Å². The second kappa shape index (κ2) is 6.82. The lowest BCUT2D eigenvalue weighted by Crippen LogP contribution is -2.35. The standard InChI is InChI=1S/C18H19FN6O2/c19-13-4-1-11(2-5-13)17-23-22-15-6-3-12(9-25(15)17)18-21-16(24-27-18)14-10-26-8-7-20-14/h1-2,4-5,12,14,20H,3,6-10H2. The van der Waals surface area contributed by atoms with Crippen molar-refractivity contribution in [2.24, 2.45) is 0 Å². The van der Waals surface area contributed by atoms with E-state index >= 15 is 0 Å². The number of nitrogens with zero attached hydrogens (tertiary/aromatic N) is 5. The molecule has 1 aromatic carbocycles. The molecular formula is C18H19FN6O2. The van der Waals surface area contributed by atoms with Gasteiger partial charge in [0.1, 0.15) is 11.6 Å². The first-order valence-electron chi connectivity index (χ1n) is 9.10. The molecule has 0 amide bonds. The average molecular weight is 370 g/mol. The molecular weight excluding hydrogens is 351 g/mol. The van der Waals surface area contributed by atoms with Crippen molar-refractivity contribution in [3.63, 3.8) is 0 Å². The van der Waals surface area contributed by atoms with Crippen molar-refractivity contribution in [1.82, 2.24) is 30.2 Å². The van der Waals surface area contributed by atoms with Gasteiger partial charge in [-0.05, 0) is 30.7 Å². The highest BCUT2D eigenvalue weighted by atomic mass is 19.1. The third kappa shape index (κ3) is 3.13. The number of aromatic nitrogens is 5. The highest BCUT2D eigenvalue weighted by molar-refractivity contribution is 5.55. The maximum Gasteiger partial charge on any atom is 0.231 e. The molecule has 2 aliphatic rings. The number of morpholine rings is 1. The van der Waals surface area contributed by atoms with Crippen LogP contribution in [0.5, 0.6) is 0 Å². The molecule has 2 atom stereocenters. The van der Waals surface area contributed by atoms with Crippen molar-refractivity contribution < 1.29 is 13.7 Å². The molecule has 2 unspecified atom stereocenters. The Kier molecular flexibility index (Phi) is 4.17. The van der Waals surface area contributed by atoms with E-state index in [4.69, 9.17) is 9.26 Å². The summed E-state index contributed by atoms with van der Waals surface area (Å²) in [5.41, 5.74) is 0.838. The fourth-order valence-electron chi connectivity index (χ4n) is 3.63. The van der Waals surface area contributed by atoms with E-state index in [2.05, 4.69) is 30.2 Å². The van der Waals surface area contributed by atoms with Crippen molar-refractivity contribution in [3.8, 4) is 11.4 Å². The highest BCUT2D eigenvalue weighted by Gasteiger charge is 2.30. The molecule has 0 bridgehead atoms. The van der Waals surface area contributed by atoms with Gasteiger partial charge in [-0.25, -0.2) is 4.39 Å². The number of halogens is 1. The van der Waals surface area contributed by atoms with Gasteiger partial charge in [-0.15, -0.1) is 10.2 Å². The smallest absolute Gasteiger partial charge is 0.231 e. The quantitative estimate of drug-likeness (QED) is 0.752. The summed E-state index contributed by atoms with van der Waals surface area (Å²) in [6.07, 6.45) is 1.65. The minimum atomic E-state index is -0.270. The van der Waals surface area contributed by atoms with Crippen LogP contribution in [0.15, 0.2) is 28.8 Å². The first-order chi connectivity index (χ1) is 13.3. The Morgan fingerprint density at radius 1 is 1.19 bits per heavy atom. The lowest BCUT2D eigenvalue weighted by Gasteiger charge is -2.22. The summed E-state index contributed by atoms with van der Waals surface area (Å²) in [6.45, 7) is 2.69. The Morgan fingerprint density at radius 3 is 2.89 bits per heavy atom. The van der Waals surface area contributed by atoms with Crippen LogP contribution in [0.3, 0.4) is 0 Å². The zero-order valence-electron chi connectivity index (χ0n) is 14.6. The van der Waals surface area contributed by atoms with Crippen LogP contribution in [0.1, 0.15) is 35.9 Å². The Labute approximate surface area is 154 Å². The Hall–Kier alpha value is -2.65. The molecule has 1 fully saturated rings. The van der Waals surface area contributed by atoms with Crippen LogP contribution in [0.4, 0.5) is 4.39 Å². The van der Waals surface area contributed by atoms with Crippen LogP contribution in [0, 0.1) is 5.82 Å². The number of hydrogen-bond donors (Lipinski definition) is 1. The molecule has 1 N–H and O–H groups in total. The van der Waals surface area contributed by atoms with Crippen molar-refractivity contribution in [2.45, 2.75) is 31.3 Å². The average Bonchev–Trinajstić information content (AvgIpc) is 3.36. The molecule has 27 heavy (non-hydrogen) atoms. The molecule has 0 aliphatic carbocycles. The van der Waals surface area contributed by atoms with Crippen LogP contribution < -0.4 is 5.32 Å². The predicted molar refractivity (Wildman–Crippen MR) is 92.3 cm³/mol. The van der Waals surface area contributed by atoms with E-state index in [9.17, 15) is 4.39 Å². The predicted octanol–water partition coefficient (Wildman–Crippen LogP) is 1.86. The molecule has 4 heterocycles. The number of ether oxygens (including phenoxy) is 1. The van der Waals surface area contributed by atoms with E-state index in [1.165, 1.54) is 12.1 Å². The summed E-state index contributed by atoms with van der Waals surface area (Å²) in [4.78, 5) is 4.60. The Morgan fingerprint density at radius 2 is 2.07 bits per heavy atom. The highest BCUT2D eigenvalue weighted by Crippen LogP contribution is 2.31. The SMILES string of the molecule is Fc1ccc(-c2nnc3n2CC(c2nc(C4COCCN4)no2)CC3)cc1. The van der Waals surface area contributed by atoms with Gasteiger partial charge < -0.3 is 19.1 Å². The second-order valence-electron chi connectivity index (χ2n) is 6.87. The topological polar surface area (TPSA) is 90.9 Å². The normalized spacial score (nSPS) is 22.6. The summed E-state index contributed by atoms with van der Waals surface area (Å²) in [5.74, 6) is 2.75. The van der Waals surface area contributed by atoms with Crippen LogP contribution in [-0.4, -0.2) is 44.7 Å². The van der Waals surface area contributed by atoms with Crippen molar-refractivity contribution in [2.75, 3.05) is 19.8 Å². The fraction of sp³-hybridized carbons (Fsp3) is 0.444.